The molecule has 0 spiro atoms. The first-order valence-corrected chi connectivity index (χ1v) is 7.37. The van der Waals surface area contributed by atoms with Gasteiger partial charge in [-0.25, -0.2) is 4.98 Å². The second-order valence-corrected chi connectivity index (χ2v) is 5.41. The number of nitrogens with zero attached hydrogens (tertiary/aromatic N) is 2. The van der Waals surface area contributed by atoms with Gasteiger partial charge in [0, 0.05) is 25.0 Å². The van der Waals surface area contributed by atoms with Crippen molar-refractivity contribution in [1.82, 2.24) is 9.97 Å². The Morgan fingerprint density at radius 2 is 1.71 bits per heavy atom. The van der Waals surface area contributed by atoms with E-state index in [1.165, 1.54) is 0 Å². The highest BCUT2D eigenvalue weighted by Gasteiger charge is 2.14. The molecular weight excluding hydrogens is 282 g/mol. The Hall–Kier alpha value is -2.40. The minimum absolute atomic E-state index is 0.841. The summed E-state index contributed by atoms with van der Waals surface area (Å²) < 4.78 is 5.21. The number of anilines is 1. The number of hydrogen-bond acceptors (Lipinski definition) is 5. The van der Waals surface area contributed by atoms with Gasteiger partial charge in [-0.3, -0.25) is 4.98 Å². The monoisotopic (exact) mass is 297 g/mol. The molecule has 0 fully saturated rings. The largest absolute Gasteiger partial charge is 0.497 e. The highest BCUT2D eigenvalue weighted by Crippen LogP contribution is 2.38. The summed E-state index contributed by atoms with van der Waals surface area (Å²) in [6.45, 7) is 0. The first-order chi connectivity index (χ1) is 10.3. The Bertz CT molecular complexity index is 723. The van der Waals surface area contributed by atoms with Crippen LogP contribution in [0.15, 0.2) is 48.8 Å². The first kappa shape index (κ1) is 13.6. The predicted molar refractivity (Wildman–Crippen MR) is 86.9 cm³/mol. The second-order valence-electron chi connectivity index (χ2n) is 4.41. The van der Waals surface area contributed by atoms with Crippen molar-refractivity contribution in [2.45, 2.75) is 0 Å². The van der Waals surface area contributed by atoms with Crippen LogP contribution in [0.4, 0.5) is 5.13 Å². The molecule has 4 nitrogen and oxygen atoms in total. The van der Waals surface area contributed by atoms with Gasteiger partial charge in [-0.2, -0.15) is 0 Å². The van der Waals surface area contributed by atoms with Crippen LogP contribution < -0.4 is 10.1 Å². The summed E-state index contributed by atoms with van der Waals surface area (Å²) in [6.07, 6.45) is 3.60. The molecule has 0 atom stereocenters. The Morgan fingerprint density at radius 3 is 2.33 bits per heavy atom. The fourth-order valence-electron chi connectivity index (χ4n) is 2.07. The molecule has 5 heteroatoms. The molecular formula is C16H15N3OS. The molecule has 3 rings (SSSR count). The zero-order valence-corrected chi connectivity index (χ0v) is 12.6. The van der Waals surface area contributed by atoms with E-state index >= 15 is 0 Å². The molecule has 1 N–H and O–H groups in total. The third-order valence-electron chi connectivity index (χ3n) is 3.15. The van der Waals surface area contributed by atoms with Crippen LogP contribution in [0.3, 0.4) is 0 Å². The number of pyridine rings is 1. The van der Waals surface area contributed by atoms with Gasteiger partial charge in [-0.1, -0.05) is 11.3 Å². The normalized spacial score (nSPS) is 10.4. The number of ether oxygens (including phenoxy) is 1. The summed E-state index contributed by atoms with van der Waals surface area (Å²) in [6, 6.07) is 11.9. The molecule has 21 heavy (non-hydrogen) atoms. The fraction of sp³-hybridized carbons (Fsp3) is 0.125. The van der Waals surface area contributed by atoms with Crippen molar-refractivity contribution in [3.63, 3.8) is 0 Å². The molecule has 0 bridgehead atoms. The van der Waals surface area contributed by atoms with E-state index in [0.717, 1.165) is 32.6 Å². The van der Waals surface area contributed by atoms with Crippen LogP contribution in [0.5, 0.6) is 5.75 Å². The number of methoxy groups -OCH3 is 1. The lowest BCUT2D eigenvalue weighted by atomic mass is 10.1. The van der Waals surface area contributed by atoms with E-state index in [1.807, 2.05) is 43.4 Å². The molecule has 0 amide bonds. The SMILES string of the molecule is CNc1nc(-c2ccc(OC)cc2)c(-c2ccncc2)s1. The maximum Gasteiger partial charge on any atom is 0.183 e. The lowest BCUT2D eigenvalue weighted by molar-refractivity contribution is 0.415. The van der Waals surface area contributed by atoms with Gasteiger partial charge in [0.1, 0.15) is 5.75 Å². The lowest BCUT2D eigenvalue weighted by Crippen LogP contribution is -1.87. The van der Waals surface area contributed by atoms with E-state index in [4.69, 9.17) is 4.74 Å². The molecule has 0 aliphatic carbocycles. The van der Waals surface area contributed by atoms with Gasteiger partial charge in [0.05, 0.1) is 17.7 Å². The summed E-state index contributed by atoms with van der Waals surface area (Å²) >= 11 is 1.64. The molecule has 106 valence electrons. The van der Waals surface area contributed by atoms with E-state index in [1.54, 1.807) is 30.8 Å². The van der Waals surface area contributed by atoms with Gasteiger partial charge < -0.3 is 10.1 Å². The third-order valence-corrected chi connectivity index (χ3v) is 4.27. The van der Waals surface area contributed by atoms with E-state index in [9.17, 15) is 0 Å². The molecule has 0 saturated carbocycles. The van der Waals surface area contributed by atoms with Crippen LogP contribution in [-0.4, -0.2) is 24.1 Å². The lowest BCUT2D eigenvalue weighted by Gasteiger charge is -2.04. The van der Waals surface area contributed by atoms with Crippen LogP contribution in [0, 0.1) is 0 Å². The van der Waals surface area contributed by atoms with Crippen molar-refractivity contribution < 1.29 is 4.74 Å². The average Bonchev–Trinajstić information content (AvgIpc) is 3.00. The topological polar surface area (TPSA) is 47.0 Å². The summed E-state index contributed by atoms with van der Waals surface area (Å²) in [4.78, 5) is 9.88. The van der Waals surface area contributed by atoms with Gasteiger partial charge in [0.25, 0.3) is 0 Å². The number of benzene rings is 1. The molecule has 0 radical (unpaired) electrons. The molecule has 1 aromatic carbocycles. The molecule has 3 aromatic rings. The van der Waals surface area contributed by atoms with Gasteiger partial charge in [0.2, 0.25) is 0 Å². The van der Waals surface area contributed by atoms with Gasteiger partial charge in [-0.05, 0) is 42.0 Å². The summed E-state index contributed by atoms with van der Waals surface area (Å²) in [5.74, 6) is 0.841. The average molecular weight is 297 g/mol. The predicted octanol–water partition coefficient (Wildman–Crippen LogP) is 3.92. The molecule has 0 aliphatic rings. The molecule has 0 aliphatic heterocycles. The standard InChI is InChI=1S/C16H15N3OS/c1-17-16-19-14(11-3-5-13(20-2)6-4-11)15(21-16)12-7-9-18-10-8-12/h3-10H,1-2H3,(H,17,19). The van der Waals surface area contributed by atoms with Crippen molar-refractivity contribution in [3.05, 3.63) is 48.8 Å². The van der Waals surface area contributed by atoms with E-state index in [2.05, 4.69) is 15.3 Å². The van der Waals surface area contributed by atoms with Gasteiger partial charge in [0.15, 0.2) is 5.13 Å². The first-order valence-electron chi connectivity index (χ1n) is 6.55. The summed E-state index contributed by atoms with van der Waals surface area (Å²) in [5, 5.41) is 4.01. The number of nitrogens with one attached hydrogen (secondary N) is 1. The minimum atomic E-state index is 0.841. The Kier molecular flexibility index (Phi) is 3.83. The van der Waals surface area contributed by atoms with Crippen molar-refractivity contribution in [2.24, 2.45) is 0 Å². The minimum Gasteiger partial charge on any atom is -0.497 e. The van der Waals surface area contributed by atoms with E-state index < -0.39 is 0 Å². The van der Waals surface area contributed by atoms with Crippen LogP contribution >= 0.6 is 11.3 Å². The van der Waals surface area contributed by atoms with E-state index in [-0.39, 0.29) is 0 Å². The highest BCUT2D eigenvalue weighted by molar-refractivity contribution is 7.19. The highest BCUT2D eigenvalue weighted by atomic mass is 32.1. The van der Waals surface area contributed by atoms with Gasteiger partial charge in [-0.15, -0.1) is 0 Å². The van der Waals surface area contributed by atoms with Crippen molar-refractivity contribution in [2.75, 3.05) is 19.5 Å². The third kappa shape index (κ3) is 2.73. The number of thiazole rings is 1. The van der Waals surface area contributed by atoms with Crippen LogP contribution in [0.2, 0.25) is 0 Å². The molecule has 0 unspecified atom stereocenters. The zero-order chi connectivity index (χ0) is 14.7. The quantitative estimate of drug-likeness (QED) is 0.793. The van der Waals surface area contributed by atoms with Crippen molar-refractivity contribution in [3.8, 4) is 27.4 Å². The van der Waals surface area contributed by atoms with Crippen molar-refractivity contribution in [1.29, 1.82) is 0 Å². The maximum atomic E-state index is 5.21. The van der Waals surface area contributed by atoms with Crippen molar-refractivity contribution >= 4 is 16.5 Å². The number of hydrogen-bond donors (Lipinski definition) is 1. The number of aromatic nitrogens is 2. The van der Waals surface area contributed by atoms with Crippen LogP contribution in [-0.2, 0) is 0 Å². The zero-order valence-electron chi connectivity index (χ0n) is 11.8. The summed E-state index contributed by atoms with van der Waals surface area (Å²) in [7, 11) is 3.55. The summed E-state index contributed by atoms with van der Waals surface area (Å²) in [5.41, 5.74) is 3.16. The van der Waals surface area contributed by atoms with Crippen LogP contribution in [0.1, 0.15) is 0 Å². The fourth-order valence-corrected chi connectivity index (χ4v) is 3.02. The Labute approximate surface area is 127 Å². The molecule has 2 heterocycles. The molecule has 0 saturated heterocycles. The van der Waals surface area contributed by atoms with Gasteiger partial charge >= 0.3 is 0 Å². The Morgan fingerprint density at radius 1 is 1.00 bits per heavy atom. The second kappa shape index (κ2) is 5.93. The Balaban J connectivity index is 2.10. The number of rotatable bonds is 4. The molecule has 2 aromatic heterocycles. The maximum absolute atomic E-state index is 5.21. The smallest absolute Gasteiger partial charge is 0.183 e. The van der Waals surface area contributed by atoms with Crippen LogP contribution in [0.25, 0.3) is 21.7 Å². The van der Waals surface area contributed by atoms with E-state index in [0.29, 0.717) is 0 Å².